The van der Waals surface area contributed by atoms with E-state index in [0.29, 0.717) is 49.3 Å². The predicted octanol–water partition coefficient (Wildman–Crippen LogP) is 5.54. The lowest BCUT2D eigenvalue weighted by Gasteiger charge is -2.31. The van der Waals surface area contributed by atoms with Crippen LogP contribution in [0.15, 0.2) is 48.8 Å². The number of anilines is 2. The molecule has 0 radical (unpaired) electrons. The molecule has 2 fully saturated rings. The minimum Gasteiger partial charge on any atom is -0.481 e. The second-order valence-corrected chi connectivity index (χ2v) is 14.1. The smallest absolute Gasteiger partial charge is 0.303 e. The van der Waals surface area contributed by atoms with Gasteiger partial charge in [0.1, 0.15) is 11.6 Å². The number of ether oxygens (including phenoxy) is 1. The molecule has 13 heteroatoms. The summed E-state index contributed by atoms with van der Waals surface area (Å²) in [6.45, 7) is 2.40. The molecule has 2 amide bonds. The maximum atomic E-state index is 14.2. The van der Waals surface area contributed by atoms with E-state index in [1.807, 2.05) is 36.4 Å². The van der Waals surface area contributed by atoms with Crippen LogP contribution in [0.4, 0.5) is 11.5 Å². The molecular formula is C36H35N7O5S. The number of piperidine rings is 1. The van der Waals surface area contributed by atoms with Crippen LogP contribution in [0.2, 0.25) is 0 Å². The van der Waals surface area contributed by atoms with Gasteiger partial charge >= 0.3 is 5.97 Å². The highest BCUT2D eigenvalue weighted by Gasteiger charge is 2.29. The van der Waals surface area contributed by atoms with E-state index in [2.05, 4.69) is 15.0 Å². The van der Waals surface area contributed by atoms with Gasteiger partial charge in [-0.2, -0.15) is 0 Å². The zero-order valence-electron chi connectivity index (χ0n) is 26.8. The van der Waals surface area contributed by atoms with Crippen LogP contribution in [0.1, 0.15) is 88.2 Å². The Morgan fingerprint density at radius 3 is 2.45 bits per heavy atom. The van der Waals surface area contributed by atoms with Gasteiger partial charge in [0.15, 0.2) is 0 Å². The van der Waals surface area contributed by atoms with Gasteiger partial charge in [0, 0.05) is 60.4 Å². The number of aliphatic carboxylic acids is 1. The molecule has 5 heterocycles. The number of pyridine rings is 1. The summed E-state index contributed by atoms with van der Waals surface area (Å²) in [4.78, 5) is 59.7. The Balaban J connectivity index is 1.07. The average molecular weight is 678 g/mol. The molecule has 1 aliphatic carbocycles. The number of thiazole rings is 1. The van der Waals surface area contributed by atoms with Gasteiger partial charge in [0.05, 0.1) is 52.5 Å². The van der Waals surface area contributed by atoms with Gasteiger partial charge in [0.2, 0.25) is 5.91 Å². The van der Waals surface area contributed by atoms with Crippen molar-refractivity contribution in [2.45, 2.75) is 70.1 Å². The number of nitrogens with two attached hydrogens (primary N) is 1. The Bertz CT molecular complexity index is 2110. The number of hydrogen-bond donors (Lipinski definition) is 2. The molecule has 3 aliphatic rings. The van der Waals surface area contributed by atoms with Crippen molar-refractivity contribution in [3.05, 3.63) is 81.9 Å². The number of fused-ring (bicyclic) bond motifs is 4. The molecule has 2 aromatic carbocycles. The molecule has 2 aliphatic heterocycles. The molecule has 0 unspecified atom stereocenters. The van der Waals surface area contributed by atoms with Gasteiger partial charge in [0.25, 0.3) is 5.91 Å². The van der Waals surface area contributed by atoms with E-state index in [4.69, 9.17) is 20.6 Å². The van der Waals surface area contributed by atoms with Gasteiger partial charge in [-0.1, -0.05) is 12.1 Å². The number of carboxylic acids is 1. The molecule has 250 valence electrons. The van der Waals surface area contributed by atoms with Crippen LogP contribution in [-0.4, -0.2) is 60.8 Å². The van der Waals surface area contributed by atoms with Crippen LogP contribution in [0.3, 0.4) is 0 Å². The Hall–Kier alpha value is -5.01. The Morgan fingerprint density at radius 2 is 1.69 bits per heavy atom. The first-order valence-electron chi connectivity index (χ1n) is 16.6. The first-order chi connectivity index (χ1) is 23.8. The molecule has 8 rings (SSSR count). The van der Waals surface area contributed by atoms with E-state index < -0.39 is 5.97 Å². The molecule has 0 atom stereocenters. The number of carbonyl (C=O) groups excluding carboxylic acids is 2. The largest absolute Gasteiger partial charge is 0.481 e. The van der Waals surface area contributed by atoms with Crippen molar-refractivity contribution < 1.29 is 24.2 Å². The highest BCUT2D eigenvalue weighted by atomic mass is 32.1. The summed E-state index contributed by atoms with van der Waals surface area (Å²) in [6, 6.07) is 11.9. The van der Waals surface area contributed by atoms with Crippen molar-refractivity contribution >= 4 is 61.7 Å². The third-order valence-electron chi connectivity index (χ3n) is 9.69. The van der Waals surface area contributed by atoms with Crippen molar-refractivity contribution in [3.8, 4) is 0 Å². The van der Waals surface area contributed by atoms with Crippen molar-refractivity contribution in [1.82, 2.24) is 24.8 Å². The van der Waals surface area contributed by atoms with E-state index in [0.717, 1.165) is 74.3 Å². The fourth-order valence-electron chi connectivity index (χ4n) is 6.76. The Kier molecular flexibility index (Phi) is 8.16. The standard InChI is InChI=1S/C36H35N7O5S/c37-33-27-19-48-18-26(27)25-5-1-20(13-28(25)40-33)17-43(36(47)23-15-38-34(39-16-23)21-2-3-21)24-4-6-30-29(14-24)41-35(49-30)22-9-11-42(12-10-22)31(44)7-8-32(45)46/h1,4-6,13-16,21-22H,2-3,7-12,17-19H2,(H2,37,40)(H,45,46). The monoisotopic (exact) mass is 677 g/mol. The lowest BCUT2D eigenvalue weighted by Crippen LogP contribution is -2.38. The second-order valence-electron chi connectivity index (χ2n) is 13.0. The van der Waals surface area contributed by atoms with Gasteiger partial charge in [-0.3, -0.25) is 14.4 Å². The first-order valence-corrected chi connectivity index (χ1v) is 17.4. The molecule has 49 heavy (non-hydrogen) atoms. The molecule has 3 N–H and O–H groups in total. The summed E-state index contributed by atoms with van der Waals surface area (Å²) in [5, 5.41) is 10.9. The number of nitrogen functional groups attached to an aromatic ring is 1. The highest BCUT2D eigenvalue weighted by molar-refractivity contribution is 7.18. The minimum absolute atomic E-state index is 0.0244. The molecule has 1 saturated heterocycles. The van der Waals surface area contributed by atoms with Crippen molar-refractivity contribution in [3.63, 3.8) is 0 Å². The second kappa shape index (κ2) is 12.8. The number of carbonyl (C=O) groups is 3. The first kappa shape index (κ1) is 31.3. The third-order valence-corrected chi connectivity index (χ3v) is 10.9. The van der Waals surface area contributed by atoms with Crippen LogP contribution in [0, 0.1) is 0 Å². The number of benzene rings is 2. The predicted molar refractivity (Wildman–Crippen MR) is 184 cm³/mol. The van der Waals surface area contributed by atoms with Crippen LogP contribution < -0.4 is 10.6 Å². The number of nitrogens with zero attached hydrogens (tertiary/aromatic N) is 6. The normalized spacial score (nSPS) is 16.3. The molecule has 0 bridgehead atoms. The fourth-order valence-corrected chi connectivity index (χ4v) is 7.88. The van der Waals surface area contributed by atoms with E-state index in [1.165, 1.54) is 0 Å². The Labute approximate surface area is 286 Å². The molecule has 12 nitrogen and oxygen atoms in total. The third kappa shape index (κ3) is 6.31. The van der Waals surface area contributed by atoms with Gasteiger partial charge in [-0.15, -0.1) is 11.3 Å². The van der Waals surface area contributed by atoms with Crippen molar-refractivity contribution in [2.75, 3.05) is 23.7 Å². The number of rotatable bonds is 9. The zero-order chi connectivity index (χ0) is 33.6. The molecule has 3 aromatic heterocycles. The average Bonchev–Trinajstić information content (AvgIpc) is 3.68. The highest BCUT2D eigenvalue weighted by Crippen LogP contribution is 2.38. The van der Waals surface area contributed by atoms with E-state index in [9.17, 15) is 14.4 Å². The molecule has 1 saturated carbocycles. The zero-order valence-corrected chi connectivity index (χ0v) is 27.6. The lowest BCUT2D eigenvalue weighted by atomic mass is 9.97. The van der Waals surface area contributed by atoms with E-state index >= 15 is 0 Å². The van der Waals surface area contributed by atoms with Crippen molar-refractivity contribution in [1.29, 1.82) is 0 Å². The lowest BCUT2D eigenvalue weighted by molar-refractivity contribution is -0.141. The topological polar surface area (TPSA) is 165 Å². The number of carboxylic acid groups (broad SMARTS) is 1. The summed E-state index contributed by atoms with van der Waals surface area (Å²) in [7, 11) is 0. The van der Waals surface area contributed by atoms with Gasteiger partial charge in [-0.25, -0.2) is 19.9 Å². The fraction of sp³-hybridized carbons (Fsp3) is 0.361. The number of likely N-dealkylation sites (tertiary alicyclic amines) is 1. The van der Waals surface area contributed by atoms with E-state index in [-0.39, 0.29) is 37.1 Å². The SMILES string of the molecule is Nc1nc2cc(CN(C(=O)c3cnc(C4CC4)nc3)c3ccc4sc(C5CCN(C(=O)CCC(=O)O)CC5)nc4c3)ccc2c2c1COC2. The maximum absolute atomic E-state index is 14.2. The number of amides is 2. The summed E-state index contributed by atoms with van der Waals surface area (Å²) >= 11 is 1.63. The molecular weight excluding hydrogens is 643 g/mol. The Morgan fingerprint density at radius 1 is 0.918 bits per heavy atom. The van der Waals surface area contributed by atoms with E-state index in [1.54, 1.807) is 33.5 Å². The number of aromatic nitrogens is 4. The van der Waals surface area contributed by atoms with Crippen LogP contribution in [0.25, 0.3) is 21.1 Å². The van der Waals surface area contributed by atoms with Crippen LogP contribution in [-0.2, 0) is 34.1 Å². The van der Waals surface area contributed by atoms with Crippen LogP contribution in [0.5, 0.6) is 0 Å². The summed E-state index contributed by atoms with van der Waals surface area (Å²) in [6.07, 6.45) is 6.81. The minimum atomic E-state index is -0.963. The molecule has 5 aromatic rings. The molecule has 0 spiro atoms. The van der Waals surface area contributed by atoms with Gasteiger partial charge in [-0.05, 0) is 61.1 Å². The summed E-state index contributed by atoms with van der Waals surface area (Å²) in [5.41, 5.74) is 11.9. The summed E-state index contributed by atoms with van der Waals surface area (Å²) < 4.78 is 6.66. The summed E-state index contributed by atoms with van der Waals surface area (Å²) in [5.74, 6) is 0.546. The van der Waals surface area contributed by atoms with Gasteiger partial charge < -0.3 is 25.4 Å². The van der Waals surface area contributed by atoms with Crippen molar-refractivity contribution in [2.24, 2.45) is 0 Å². The maximum Gasteiger partial charge on any atom is 0.303 e. The van der Waals surface area contributed by atoms with Crippen LogP contribution >= 0.6 is 11.3 Å². The number of hydrogen-bond acceptors (Lipinski definition) is 10. The quantitative estimate of drug-likeness (QED) is 0.202.